The summed E-state index contributed by atoms with van der Waals surface area (Å²) in [6.45, 7) is 6.05. The van der Waals surface area contributed by atoms with Crippen molar-refractivity contribution < 1.29 is 19.2 Å². The third-order valence-corrected chi connectivity index (χ3v) is 4.16. The fraction of sp³-hybridized carbons (Fsp3) is 0.381. The third kappa shape index (κ3) is 6.41. The molecule has 1 unspecified atom stereocenters. The monoisotopic (exact) mass is 357 g/mol. The zero-order valence-electron chi connectivity index (χ0n) is 16.1. The SMILES string of the molecule is COc1cccc(NC(=O)C[NH+](C)CCCOc2cc(C)ccc2C)c1. The van der Waals surface area contributed by atoms with Crippen molar-refractivity contribution in [3.63, 3.8) is 0 Å². The van der Waals surface area contributed by atoms with Gasteiger partial charge in [0.2, 0.25) is 0 Å². The molecule has 0 aliphatic carbocycles. The fourth-order valence-corrected chi connectivity index (χ4v) is 2.69. The fourth-order valence-electron chi connectivity index (χ4n) is 2.69. The highest BCUT2D eigenvalue weighted by atomic mass is 16.5. The average Bonchev–Trinajstić information content (AvgIpc) is 2.61. The Labute approximate surface area is 155 Å². The lowest BCUT2D eigenvalue weighted by atomic mass is 10.1. The number of quaternary nitrogens is 1. The first-order chi connectivity index (χ1) is 12.5. The average molecular weight is 357 g/mol. The Morgan fingerprint density at radius 2 is 1.96 bits per heavy atom. The summed E-state index contributed by atoms with van der Waals surface area (Å²) in [6, 6.07) is 13.6. The van der Waals surface area contributed by atoms with Gasteiger partial charge in [-0.05, 0) is 43.2 Å². The van der Waals surface area contributed by atoms with E-state index >= 15 is 0 Å². The lowest BCUT2D eigenvalue weighted by Gasteiger charge is -2.15. The molecular weight excluding hydrogens is 328 g/mol. The van der Waals surface area contributed by atoms with Crippen LogP contribution in [0.3, 0.4) is 0 Å². The molecule has 0 fully saturated rings. The second-order valence-electron chi connectivity index (χ2n) is 6.63. The number of carbonyl (C=O) groups excluding carboxylic acids is 1. The maximum absolute atomic E-state index is 12.2. The van der Waals surface area contributed by atoms with Gasteiger partial charge in [-0.3, -0.25) is 4.79 Å². The van der Waals surface area contributed by atoms with Crippen molar-refractivity contribution in [2.75, 3.05) is 39.2 Å². The normalized spacial score (nSPS) is 11.7. The van der Waals surface area contributed by atoms with Crippen LogP contribution in [0.2, 0.25) is 0 Å². The van der Waals surface area contributed by atoms with E-state index in [0.717, 1.165) is 40.6 Å². The van der Waals surface area contributed by atoms with Crippen molar-refractivity contribution in [1.29, 1.82) is 0 Å². The number of hydrogen-bond acceptors (Lipinski definition) is 3. The molecule has 0 heterocycles. The van der Waals surface area contributed by atoms with E-state index in [0.29, 0.717) is 13.2 Å². The molecule has 2 aromatic rings. The van der Waals surface area contributed by atoms with Gasteiger partial charge >= 0.3 is 0 Å². The lowest BCUT2D eigenvalue weighted by molar-refractivity contribution is -0.871. The van der Waals surface area contributed by atoms with Crippen LogP contribution in [0.1, 0.15) is 17.5 Å². The Balaban J connectivity index is 1.70. The van der Waals surface area contributed by atoms with Gasteiger partial charge in [0.1, 0.15) is 11.5 Å². The van der Waals surface area contributed by atoms with E-state index in [9.17, 15) is 4.79 Å². The van der Waals surface area contributed by atoms with Crippen LogP contribution in [0, 0.1) is 13.8 Å². The highest BCUT2D eigenvalue weighted by molar-refractivity contribution is 5.91. The number of aryl methyl sites for hydroxylation is 2. The molecule has 0 radical (unpaired) electrons. The van der Waals surface area contributed by atoms with Crippen LogP contribution >= 0.6 is 0 Å². The van der Waals surface area contributed by atoms with E-state index in [1.165, 1.54) is 5.56 Å². The third-order valence-electron chi connectivity index (χ3n) is 4.16. The van der Waals surface area contributed by atoms with Gasteiger partial charge in [-0.2, -0.15) is 0 Å². The lowest BCUT2D eigenvalue weighted by Crippen LogP contribution is -3.10. The van der Waals surface area contributed by atoms with Crippen LogP contribution in [0.25, 0.3) is 0 Å². The Morgan fingerprint density at radius 3 is 2.73 bits per heavy atom. The molecule has 1 amide bonds. The molecule has 2 rings (SSSR count). The Bertz CT molecular complexity index is 731. The first-order valence-corrected chi connectivity index (χ1v) is 8.93. The van der Waals surface area contributed by atoms with Gasteiger partial charge < -0.3 is 19.7 Å². The number of anilines is 1. The molecule has 1 atom stereocenters. The van der Waals surface area contributed by atoms with Gasteiger partial charge in [0.15, 0.2) is 6.54 Å². The number of benzene rings is 2. The number of rotatable bonds is 9. The zero-order chi connectivity index (χ0) is 18.9. The number of ether oxygens (including phenoxy) is 2. The number of nitrogens with one attached hydrogen (secondary N) is 2. The largest absolute Gasteiger partial charge is 0.497 e. The predicted octanol–water partition coefficient (Wildman–Crippen LogP) is 2.23. The van der Waals surface area contributed by atoms with E-state index in [1.54, 1.807) is 7.11 Å². The summed E-state index contributed by atoms with van der Waals surface area (Å²) in [5.74, 6) is 1.66. The van der Waals surface area contributed by atoms with Crippen LogP contribution in [-0.4, -0.2) is 39.8 Å². The number of methoxy groups -OCH3 is 1. The highest BCUT2D eigenvalue weighted by Gasteiger charge is 2.10. The molecule has 2 aromatic carbocycles. The molecule has 0 saturated heterocycles. The molecule has 0 aliphatic heterocycles. The van der Waals surface area contributed by atoms with Gasteiger partial charge in [-0.1, -0.05) is 18.2 Å². The Kier molecular flexibility index (Phi) is 7.48. The maximum atomic E-state index is 12.2. The Morgan fingerprint density at radius 1 is 1.15 bits per heavy atom. The summed E-state index contributed by atoms with van der Waals surface area (Å²) in [5, 5.41) is 2.91. The minimum Gasteiger partial charge on any atom is -0.497 e. The van der Waals surface area contributed by atoms with E-state index in [-0.39, 0.29) is 5.91 Å². The maximum Gasteiger partial charge on any atom is 0.279 e. The van der Waals surface area contributed by atoms with Crippen molar-refractivity contribution in [3.05, 3.63) is 53.6 Å². The first-order valence-electron chi connectivity index (χ1n) is 8.93. The topological polar surface area (TPSA) is 52.0 Å². The van der Waals surface area contributed by atoms with E-state index in [4.69, 9.17) is 9.47 Å². The van der Waals surface area contributed by atoms with Gasteiger partial charge in [0.25, 0.3) is 5.91 Å². The minimum atomic E-state index is -0.00815. The second kappa shape index (κ2) is 9.82. The zero-order valence-corrected chi connectivity index (χ0v) is 16.1. The molecule has 0 aliphatic rings. The number of carbonyl (C=O) groups is 1. The molecule has 5 nitrogen and oxygen atoms in total. The summed E-state index contributed by atoms with van der Waals surface area (Å²) in [5.41, 5.74) is 3.09. The van der Waals surface area contributed by atoms with E-state index in [1.807, 2.05) is 31.3 Å². The predicted molar refractivity (Wildman–Crippen MR) is 104 cm³/mol. The molecule has 0 saturated carbocycles. The quantitative estimate of drug-likeness (QED) is 0.677. The summed E-state index contributed by atoms with van der Waals surface area (Å²) in [7, 11) is 3.63. The highest BCUT2D eigenvalue weighted by Crippen LogP contribution is 2.19. The molecule has 0 spiro atoms. The van der Waals surface area contributed by atoms with Crippen LogP contribution in [0.4, 0.5) is 5.69 Å². The molecule has 5 heteroatoms. The number of amides is 1. The van der Waals surface area contributed by atoms with Crippen LogP contribution in [0.15, 0.2) is 42.5 Å². The summed E-state index contributed by atoms with van der Waals surface area (Å²) in [6.07, 6.45) is 0.894. The van der Waals surface area contributed by atoms with Crippen LogP contribution in [0.5, 0.6) is 11.5 Å². The van der Waals surface area contributed by atoms with Gasteiger partial charge in [0, 0.05) is 18.2 Å². The van der Waals surface area contributed by atoms with Crippen molar-refractivity contribution >= 4 is 11.6 Å². The summed E-state index contributed by atoms with van der Waals surface area (Å²) < 4.78 is 11.0. The Hall–Kier alpha value is -2.53. The smallest absolute Gasteiger partial charge is 0.279 e. The van der Waals surface area contributed by atoms with Gasteiger partial charge in [-0.25, -0.2) is 0 Å². The molecule has 0 aromatic heterocycles. The number of hydrogen-bond donors (Lipinski definition) is 2. The molecule has 26 heavy (non-hydrogen) atoms. The van der Waals surface area contributed by atoms with E-state index < -0.39 is 0 Å². The van der Waals surface area contributed by atoms with Crippen molar-refractivity contribution in [2.45, 2.75) is 20.3 Å². The minimum absolute atomic E-state index is 0.00815. The molecule has 2 N–H and O–H groups in total. The van der Waals surface area contributed by atoms with E-state index in [2.05, 4.69) is 37.4 Å². The van der Waals surface area contributed by atoms with Crippen molar-refractivity contribution in [2.24, 2.45) is 0 Å². The molecule has 140 valence electrons. The van der Waals surface area contributed by atoms with Crippen molar-refractivity contribution in [1.82, 2.24) is 0 Å². The summed E-state index contributed by atoms with van der Waals surface area (Å²) >= 11 is 0. The van der Waals surface area contributed by atoms with Crippen LogP contribution in [-0.2, 0) is 4.79 Å². The standard InChI is InChI=1S/C21H28N2O3/c1-16-9-10-17(2)20(13-16)26-12-6-11-23(3)15-21(24)22-18-7-5-8-19(14-18)25-4/h5,7-10,13-14H,6,11-12,15H2,1-4H3,(H,22,24)/p+1. The summed E-state index contributed by atoms with van der Waals surface area (Å²) in [4.78, 5) is 13.3. The van der Waals surface area contributed by atoms with Gasteiger partial charge in [0.05, 0.1) is 27.3 Å². The molecular formula is C21H29N2O3+. The van der Waals surface area contributed by atoms with Gasteiger partial charge in [-0.15, -0.1) is 0 Å². The second-order valence-corrected chi connectivity index (χ2v) is 6.63. The molecule has 0 bridgehead atoms. The van der Waals surface area contributed by atoms with Crippen LogP contribution < -0.4 is 19.7 Å². The van der Waals surface area contributed by atoms with Crippen molar-refractivity contribution in [3.8, 4) is 11.5 Å². The number of likely N-dealkylation sites (N-methyl/N-ethyl adjacent to an activating group) is 1. The first kappa shape index (κ1) is 19.8.